The maximum atomic E-state index is 15.7. The van der Waals surface area contributed by atoms with Crippen LogP contribution in [0.3, 0.4) is 0 Å². The molecule has 6 rings (SSSR count). The van der Waals surface area contributed by atoms with Gasteiger partial charge < -0.3 is 15.0 Å². The molecule has 0 unspecified atom stereocenters. The minimum Gasteiger partial charge on any atom is -0.475 e. The number of nitrogens with zero attached hydrogens (tertiary/aromatic N) is 3. The van der Waals surface area contributed by atoms with Gasteiger partial charge in [0.1, 0.15) is 23.9 Å². The molecule has 3 heterocycles. The number of carbonyl (C=O) groups is 1. The molecule has 2 N–H and O–H groups in total. The Bertz CT molecular complexity index is 1880. The molecule has 2 aromatic heterocycles. The van der Waals surface area contributed by atoms with Crippen LogP contribution in [0.2, 0.25) is 0 Å². The van der Waals surface area contributed by atoms with Crippen molar-refractivity contribution in [2.24, 2.45) is 0 Å². The number of rotatable bonds is 9. The van der Waals surface area contributed by atoms with Gasteiger partial charge in [-0.1, -0.05) is 26.0 Å². The molecule has 0 saturated heterocycles. The quantitative estimate of drug-likeness (QED) is 0.250. The van der Waals surface area contributed by atoms with Crippen molar-refractivity contribution in [3.8, 4) is 17.0 Å². The Morgan fingerprint density at radius 1 is 1.09 bits per heavy atom. The van der Waals surface area contributed by atoms with Crippen LogP contribution in [-0.4, -0.2) is 56.8 Å². The molecule has 0 radical (unpaired) electrons. The highest BCUT2D eigenvalue weighted by Crippen LogP contribution is 2.60. The van der Waals surface area contributed by atoms with E-state index in [0.717, 1.165) is 17.4 Å². The summed E-state index contributed by atoms with van der Waals surface area (Å²) in [4.78, 5) is 24.1. The summed E-state index contributed by atoms with van der Waals surface area (Å²) in [5, 5.41) is 3.84. The Kier molecular flexibility index (Phi) is 7.53. The van der Waals surface area contributed by atoms with Crippen molar-refractivity contribution in [1.29, 1.82) is 0 Å². The standard InChI is InChI=1S/C32H33F2N5O4S/c1-18(2)35-9-10-43-30-27(38-44(4,41)42)11-20(16-37-30)23-12-24-26(13-25(23)34)36-17-28-29(24)32(31(40)39(28)3)14-21(15-32)19-5-7-22(33)8-6-19/h5-8,11-13,16-18,21,35,38H,9-10,14-15H2,1-4H3. The lowest BCUT2D eigenvalue weighted by Gasteiger charge is -2.44. The number of hydrogen-bond donors (Lipinski definition) is 2. The number of fused-ring (bicyclic) bond motifs is 4. The van der Waals surface area contributed by atoms with Gasteiger partial charge in [-0.25, -0.2) is 22.2 Å². The van der Waals surface area contributed by atoms with Gasteiger partial charge in [0, 0.05) is 54.0 Å². The molecule has 4 aromatic rings. The molecule has 1 amide bonds. The summed E-state index contributed by atoms with van der Waals surface area (Å²) in [7, 11) is -1.99. The molecule has 12 heteroatoms. The van der Waals surface area contributed by atoms with E-state index in [1.54, 1.807) is 36.3 Å². The third-order valence-corrected chi connectivity index (χ3v) is 8.96. The van der Waals surface area contributed by atoms with Crippen LogP contribution < -0.4 is 19.7 Å². The number of sulfonamides is 1. The number of likely N-dealkylation sites (N-methyl/N-ethyl adjacent to an activating group) is 1. The van der Waals surface area contributed by atoms with Crippen LogP contribution in [0.4, 0.5) is 20.2 Å². The second kappa shape index (κ2) is 11.1. The molecule has 1 spiro atoms. The molecule has 1 fully saturated rings. The Hall–Kier alpha value is -4.16. The largest absolute Gasteiger partial charge is 0.475 e. The van der Waals surface area contributed by atoms with Crippen molar-refractivity contribution in [2.45, 2.75) is 44.1 Å². The molecule has 1 saturated carbocycles. The summed E-state index contributed by atoms with van der Waals surface area (Å²) in [6.45, 7) is 4.76. The Labute approximate surface area is 254 Å². The zero-order valence-corrected chi connectivity index (χ0v) is 25.6. The number of nitrogens with one attached hydrogen (secondary N) is 2. The lowest BCUT2D eigenvalue weighted by Crippen LogP contribution is -2.47. The number of pyridine rings is 2. The Morgan fingerprint density at radius 3 is 2.50 bits per heavy atom. The van der Waals surface area contributed by atoms with Gasteiger partial charge in [0.2, 0.25) is 21.8 Å². The van der Waals surface area contributed by atoms with Gasteiger partial charge in [0.05, 0.1) is 29.1 Å². The molecule has 2 aromatic carbocycles. The zero-order chi connectivity index (χ0) is 31.4. The second-order valence-electron chi connectivity index (χ2n) is 11.9. The van der Waals surface area contributed by atoms with E-state index in [1.807, 2.05) is 13.8 Å². The molecule has 9 nitrogen and oxygen atoms in total. The van der Waals surface area contributed by atoms with Crippen LogP contribution in [0.1, 0.15) is 43.7 Å². The van der Waals surface area contributed by atoms with E-state index in [9.17, 15) is 17.6 Å². The lowest BCUT2D eigenvalue weighted by molar-refractivity contribution is -0.126. The number of anilines is 2. The van der Waals surface area contributed by atoms with Gasteiger partial charge in [-0.15, -0.1) is 0 Å². The second-order valence-corrected chi connectivity index (χ2v) is 13.6. The first-order chi connectivity index (χ1) is 20.9. The number of aromatic nitrogens is 2. The number of halogens is 2. The van der Waals surface area contributed by atoms with Crippen LogP contribution in [-0.2, 0) is 20.2 Å². The van der Waals surface area contributed by atoms with Gasteiger partial charge in [0.15, 0.2) is 0 Å². The number of ether oxygens (including phenoxy) is 1. The lowest BCUT2D eigenvalue weighted by atomic mass is 9.57. The van der Waals surface area contributed by atoms with E-state index >= 15 is 4.39 Å². The minimum absolute atomic E-state index is 0.0548. The molecule has 2 aliphatic rings. The number of amides is 1. The first kappa shape index (κ1) is 29.9. The van der Waals surface area contributed by atoms with Gasteiger partial charge >= 0.3 is 0 Å². The fourth-order valence-corrected chi connectivity index (χ4v) is 6.88. The molecule has 230 valence electrons. The van der Waals surface area contributed by atoms with Gasteiger partial charge in [-0.05, 0) is 48.6 Å². The van der Waals surface area contributed by atoms with E-state index < -0.39 is 21.3 Å². The predicted octanol–water partition coefficient (Wildman–Crippen LogP) is 5.12. The number of carbonyl (C=O) groups excluding carboxylic acids is 1. The van der Waals surface area contributed by atoms with E-state index in [0.29, 0.717) is 41.5 Å². The van der Waals surface area contributed by atoms with Crippen LogP contribution in [0.25, 0.3) is 22.0 Å². The average Bonchev–Trinajstić information content (AvgIpc) is 3.17. The monoisotopic (exact) mass is 621 g/mol. The SMILES string of the molecule is CC(C)NCCOc1ncc(-c2cc3c4c(cnc3cc2F)N(C)C(=O)C42CC(c3ccc(F)cc3)C2)cc1NS(C)(=O)=O. The van der Waals surface area contributed by atoms with Crippen molar-refractivity contribution < 1.29 is 26.7 Å². The fourth-order valence-electron chi connectivity index (χ4n) is 6.33. The number of benzene rings is 2. The summed E-state index contributed by atoms with van der Waals surface area (Å²) in [6, 6.07) is 11.1. The Balaban J connectivity index is 1.40. The van der Waals surface area contributed by atoms with Crippen molar-refractivity contribution in [3.63, 3.8) is 0 Å². The topological polar surface area (TPSA) is 114 Å². The number of hydrogen-bond acceptors (Lipinski definition) is 7. The molecule has 0 atom stereocenters. The summed E-state index contributed by atoms with van der Waals surface area (Å²) >= 11 is 0. The van der Waals surface area contributed by atoms with Crippen molar-refractivity contribution in [3.05, 3.63) is 77.6 Å². The third kappa shape index (κ3) is 5.36. The molecule has 1 aliphatic heterocycles. The van der Waals surface area contributed by atoms with Crippen LogP contribution in [0, 0.1) is 11.6 Å². The van der Waals surface area contributed by atoms with E-state index in [4.69, 9.17) is 4.74 Å². The normalized spacial score (nSPS) is 19.5. The highest BCUT2D eigenvalue weighted by molar-refractivity contribution is 7.92. The van der Waals surface area contributed by atoms with E-state index in [2.05, 4.69) is 20.0 Å². The molecular weight excluding hydrogens is 588 g/mol. The van der Waals surface area contributed by atoms with Gasteiger partial charge in [-0.3, -0.25) is 14.5 Å². The summed E-state index contributed by atoms with van der Waals surface area (Å²) in [6.07, 6.45) is 5.11. The molecular formula is C32H33F2N5O4S. The Morgan fingerprint density at radius 2 is 1.82 bits per heavy atom. The minimum atomic E-state index is -3.70. The first-order valence-corrected chi connectivity index (χ1v) is 16.3. The highest BCUT2D eigenvalue weighted by atomic mass is 32.2. The highest BCUT2D eigenvalue weighted by Gasteiger charge is 2.58. The molecule has 0 bridgehead atoms. The third-order valence-electron chi connectivity index (χ3n) is 8.37. The summed E-state index contributed by atoms with van der Waals surface area (Å²) in [5.74, 6) is -0.805. The predicted molar refractivity (Wildman–Crippen MR) is 165 cm³/mol. The maximum absolute atomic E-state index is 15.7. The fraction of sp³-hybridized carbons (Fsp3) is 0.344. The zero-order valence-electron chi connectivity index (χ0n) is 24.8. The van der Waals surface area contributed by atoms with Crippen LogP contribution in [0.15, 0.2) is 54.9 Å². The van der Waals surface area contributed by atoms with Crippen LogP contribution in [0.5, 0.6) is 5.88 Å². The van der Waals surface area contributed by atoms with Gasteiger partial charge in [0.25, 0.3) is 0 Å². The smallest absolute Gasteiger partial charge is 0.238 e. The molecule has 1 aliphatic carbocycles. The summed E-state index contributed by atoms with van der Waals surface area (Å²) < 4.78 is 61.7. The van der Waals surface area contributed by atoms with Gasteiger partial charge in [-0.2, -0.15) is 0 Å². The maximum Gasteiger partial charge on any atom is 0.238 e. The van der Waals surface area contributed by atoms with Crippen molar-refractivity contribution >= 4 is 38.2 Å². The summed E-state index contributed by atoms with van der Waals surface area (Å²) in [5.41, 5.74) is 2.58. The average molecular weight is 622 g/mol. The van der Waals surface area contributed by atoms with Crippen molar-refractivity contribution in [2.75, 3.05) is 36.1 Å². The van der Waals surface area contributed by atoms with Crippen LogP contribution >= 0.6 is 0 Å². The first-order valence-electron chi connectivity index (χ1n) is 14.4. The van der Waals surface area contributed by atoms with E-state index in [1.165, 1.54) is 30.5 Å². The van der Waals surface area contributed by atoms with E-state index in [-0.39, 0.29) is 47.4 Å². The molecule has 44 heavy (non-hydrogen) atoms. The van der Waals surface area contributed by atoms with Crippen molar-refractivity contribution in [1.82, 2.24) is 15.3 Å².